The first-order chi connectivity index (χ1) is 12.2. The van der Waals surface area contributed by atoms with Crippen molar-refractivity contribution >= 4 is 22.6 Å². The number of hydrogen-bond donors (Lipinski definition) is 2. The van der Waals surface area contributed by atoms with E-state index in [1.165, 1.54) is 13.4 Å². The fraction of sp³-hybridized carbons (Fsp3) is 0.158. The zero-order valence-electron chi connectivity index (χ0n) is 13.7. The molecule has 0 saturated heterocycles. The quantitative estimate of drug-likeness (QED) is 0.724. The van der Waals surface area contributed by atoms with Gasteiger partial charge in [0.1, 0.15) is 11.5 Å². The van der Waals surface area contributed by atoms with Crippen molar-refractivity contribution in [3.8, 4) is 5.75 Å². The van der Waals surface area contributed by atoms with Gasteiger partial charge in [0.2, 0.25) is 5.91 Å². The summed E-state index contributed by atoms with van der Waals surface area (Å²) in [5, 5.41) is 7.18. The van der Waals surface area contributed by atoms with Crippen molar-refractivity contribution in [2.45, 2.75) is 6.54 Å². The minimum atomic E-state index is -0.365. The van der Waals surface area contributed by atoms with Crippen LogP contribution in [0.2, 0.25) is 0 Å². The molecule has 0 bridgehead atoms. The minimum Gasteiger partial charge on any atom is -0.496 e. The molecule has 3 rings (SSSR count). The van der Waals surface area contributed by atoms with E-state index in [9.17, 15) is 9.59 Å². The van der Waals surface area contributed by atoms with Crippen LogP contribution in [-0.4, -0.2) is 25.5 Å². The highest BCUT2D eigenvalue weighted by atomic mass is 16.5. The second kappa shape index (κ2) is 7.53. The fourth-order valence-corrected chi connectivity index (χ4v) is 2.48. The van der Waals surface area contributed by atoms with E-state index >= 15 is 0 Å². The maximum atomic E-state index is 12.4. The van der Waals surface area contributed by atoms with Crippen LogP contribution in [0.25, 0.3) is 10.8 Å². The van der Waals surface area contributed by atoms with E-state index in [0.717, 1.165) is 10.8 Å². The third kappa shape index (κ3) is 3.98. The van der Waals surface area contributed by atoms with Gasteiger partial charge >= 0.3 is 0 Å². The normalized spacial score (nSPS) is 10.4. The molecule has 0 aliphatic carbocycles. The van der Waals surface area contributed by atoms with Crippen LogP contribution in [0, 0.1) is 0 Å². The van der Waals surface area contributed by atoms with Crippen LogP contribution >= 0.6 is 0 Å². The lowest BCUT2D eigenvalue weighted by atomic mass is 10.1. The first-order valence-electron chi connectivity index (χ1n) is 7.81. The lowest BCUT2D eigenvalue weighted by Crippen LogP contribution is -2.36. The number of hydrogen-bond acceptors (Lipinski definition) is 4. The predicted molar refractivity (Wildman–Crippen MR) is 93.4 cm³/mol. The van der Waals surface area contributed by atoms with Crippen LogP contribution in [0.1, 0.15) is 16.1 Å². The number of furan rings is 1. The summed E-state index contributed by atoms with van der Waals surface area (Å²) >= 11 is 0. The van der Waals surface area contributed by atoms with Crippen LogP contribution in [0.5, 0.6) is 5.75 Å². The molecule has 0 unspecified atom stereocenters. The second-order valence-electron chi connectivity index (χ2n) is 5.44. The summed E-state index contributed by atoms with van der Waals surface area (Å²) in [6, 6.07) is 14.8. The van der Waals surface area contributed by atoms with Gasteiger partial charge in [-0.1, -0.05) is 24.3 Å². The van der Waals surface area contributed by atoms with E-state index in [2.05, 4.69) is 10.6 Å². The summed E-state index contributed by atoms with van der Waals surface area (Å²) in [4.78, 5) is 24.3. The Morgan fingerprint density at radius 2 is 1.80 bits per heavy atom. The molecule has 0 radical (unpaired) electrons. The van der Waals surface area contributed by atoms with Gasteiger partial charge in [-0.05, 0) is 35.0 Å². The molecule has 0 aliphatic rings. The first kappa shape index (κ1) is 16.6. The largest absolute Gasteiger partial charge is 0.496 e. The maximum absolute atomic E-state index is 12.4. The van der Waals surface area contributed by atoms with Crippen LogP contribution in [0.15, 0.2) is 59.2 Å². The van der Waals surface area contributed by atoms with Crippen molar-refractivity contribution in [2.75, 3.05) is 13.7 Å². The smallest absolute Gasteiger partial charge is 0.255 e. The molecular formula is C19H18N2O4. The monoisotopic (exact) mass is 338 g/mol. The number of nitrogens with one attached hydrogen (secondary N) is 2. The molecule has 25 heavy (non-hydrogen) atoms. The molecule has 0 saturated carbocycles. The predicted octanol–water partition coefficient (Wildman–Crippen LogP) is 2.49. The molecule has 6 nitrogen and oxygen atoms in total. The van der Waals surface area contributed by atoms with Crippen molar-refractivity contribution in [1.82, 2.24) is 10.6 Å². The van der Waals surface area contributed by atoms with Crippen LogP contribution in [0.4, 0.5) is 0 Å². The number of ether oxygens (including phenoxy) is 1. The van der Waals surface area contributed by atoms with Gasteiger partial charge in [0.25, 0.3) is 5.91 Å². The summed E-state index contributed by atoms with van der Waals surface area (Å²) in [5.41, 5.74) is 0.389. The van der Waals surface area contributed by atoms with Gasteiger partial charge in [0.15, 0.2) is 0 Å². The Bertz CT molecular complexity index is 888. The molecular weight excluding hydrogens is 320 g/mol. The van der Waals surface area contributed by atoms with Crippen LogP contribution in [-0.2, 0) is 11.3 Å². The Morgan fingerprint density at radius 3 is 2.48 bits per heavy atom. The summed E-state index contributed by atoms with van der Waals surface area (Å²) in [6.07, 6.45) is 1.54. The standard InChI is InChI=1S/C19H18N2O4/c1-24-17-10-14-6-3-2-5-13(14)9-16(17)19(23)21-12-18(22)20-11-15-7-4-8-25-15/h2-10H,11-12H2,1H3,(H,20,22)(H,21,23). The molecule has 6 heteroatoms. The summed E-state index contributed by atoms with van der Waals surface area (Å²) < 4.78 is 10.4. The van der Waals surface area contributed by atoms with Gasteiger partial charge in [-0.25, -0.2) is 0 Å². The van der Waals surface area contributed by atoms with Crippen molar-refractivity contribution in [3.63, 3.8) is 0 Å². The Labute approximate surface area is 144 Å². The fourth-order valence-electron chi connectivity index (χ4n) is 2.48. The van der Waals surface area contributed by atoms with Gasteiger partial charge in [-0.15, -0.1) is 0 Å². The number of fused-ring (bicyclic) bond motifs is 1. The number of rotatable bonds is 6. The summed E-state index contributed by atoms with van der Waals surface area (Å²) in [6.45, 7) is 0.149. The highest BCUT2D eigenvalue weighted by Crippen LogP contribution is 2.25. The molecule has 2 aromatic carbocycles. The molecule has 0 spiro atoms. The zero-order chi connectivity index (χ0) is 17.6. The van der Waals surface area contributed by atoms with E-state index in [4.69, 9.17) is 9.15 Å². The Balaban J connectivity index is 1.64. The Hall–Kier alpha value is -3.28. The molecule has 2 N–H and O–H groups in total. The number of amides is 2. The average molecular weight is 338 g/mol. The highest BCUT2D eigenvalue weighted by Gasteiger charge is 2.14. The van der Waals surface area contributed by atoms with Gasteiger partial charge in [0, 0.05) is 0 Å². The Kier molecular flexibility index (Phi) is 4.99. The van der Waals surface area contributed by atoms with Crippen LogP contribution < -0.4 is 15.4 Å². The lowest BCUT2D eigenvalue weighted by molar-refractivity contribution is -0.120. The third-order valence-electron chi connectivity index (χ3n) is 3.76. The third-order valence-corrected chi connectivity index (χ3v) is 3.76. The number of carbonyl (C=O) groups is 2. The molecule has 0 atom stereocenters. The van der Waals surface area contributed by atoms with Gasteiger partial charge < -0.3 is 19.8 Å². The van der Waals surface area contributed by atoms with Crippen LogP contribution in [0.3, 0.4) is 0 Å². The number of carbonyl (C=O) groups excluding carboxylic acids is 2. The summed E-state index contributed by atoms with van der Waals surface area (Å²) in [7, 11) is 1.51. The highest BCUT2D eigenvalue weighted by molar-refractivity contribution is 6.02. The molecule has 0 aliphatic heterocycles. The van der Waals surface area contributed by atoms with E-state index in [-0.39, 0.29) is 24.9 Å². The topological polar surface area (TPSA) is 80.6 Å². The SMILES string of the molecule is COc1cc2ccccc2cc1C(=O)NCC(=O)NCc1ccco1. The first-order valence-corrected chi connectivity index (χ1v) is 7.81. The second-order valence-corrected chi connectivity index (χ2v) is 5.44. The summed E-state index contributed by atoms with van der Waals surface area (Å²) in [5.74, 6) is 0.448. The van der Waals surface area contributed by atoms with E-state index in [0.29, 0.717) is 17.1 Å². The van der Waals surface area contributed by atoms with E-state index in [1.54, 1.807) is 24.3 Å². The van der Waals surface area contributed by atoms with E-state index < -0.39 is 0 Å². The van der Waals surface area contributed by atoms with E-state index in [1.807, 2.05) is 24.3 Å². The molecule has 1 heterocycles. The molecule has 2 amide bonds. The number of methoxy groups -OCH3 is 1. The number of benzene rings is 2. The maximum Gasteiger partial charge on any atom is 0.255 e. The van der Waals surface area contributed by atoms with Gasteiger partial charge in [-0.2, -0.15) is 0 Å². The molecule has 0 fully saturated rings. The van der Waals surface area contributed by atoms with Crippen molar-refractivity contribution < 1.29 is 18.7 Å². The average Bonchev–Trinajstić information content (AvgIpc) is 3.16. The molecule has 3 aromatic rings. The zero-order valence-corrected chi connectivity index (χ0v) is 13.7. The van der Waals surface area contributed by atoms with Crippen molar-refractivity contribution in [3.05, 3.63) is 66.1 Å². The van der Waals surface area contributed by atoms with Crippen molar-refractivity contribution in [2.24, 2.45) is 0 Å². The van der Waals surface area contributed by atoms with Crippen molar-refractivity contribution in [1.29, 1.82) is 0 Å². The lowest BCUT2D eigenvalue weighted by Gasteiger charge is -2.11. The molecule has 1 aromatic heterocycles. The Morgan fingerprint density at radius 1 is 1.04 bits per heavy atom. The minimum absolute atomic E-state index is 0.129. The van der Waals surface area contributed by atoms with Gasteiger partial charge in [0.05, 0.1) is 32.0 Å². The molecule has 128 valence electrons. The van der Waals surface area contributed by atoms with Gasteiger partial charge in [-0.3, -0.25) is 9.59 Å².